The minimum absolute atomic E-state index is 0.00121. The SMILES string of the molecule is CCOC(=O)CCCOC(=O)c1cc(Oc2ccc(C(F)(F)F)cc2Cl)ccc1[N+](=O)[O-]. The Bertz CT molecular complexity index is 1010. The monoisotopic (exact) mass is 475 g/mol. The highest BCUT2D eigenvalue weighted by atomic mass is 35.5. The van der Waals surface area contributed by atoms with E-state index in [1.54, 1.807) is 6.92 Å². The molecule has 0 N–H and O–H groups in total. The Hall–Kier alpha value is -3.34. The molecule has 0 aliphatic heterocycles. The van der Waals surface area contributed by atoms with Crippen molar-refractivity contribution in [2.45, 2.75) is 25.9 Å². The van der Waals surface area contributed by atoms with Crippen LogP contribution in [0.2, 0.25) is 5.02 Å². The Morgan fingerprint density at radius 2 is 1.84 bits per heavy atom. The summed E-state index contributed by atoms with van der Waals surface area (Å²) in [5.74, 6) is -1.75. The smallest absolute Gasteiger partial charge is 0.416 e. The fraction of sp³-hybridized carbons (Fsp3) is 0.300. The Labute approximate surface area is 185 Å². The minimum atomic E-state index is -4.60. The van der Waals surface area contributed by atoms with Gasteiger partial charge in [-0.25, -0.2) is 4.79 Å². The summed E-state index contributed by atoms with van der Waals surface area (Å²) < 4.78 is 53.4. The number of carbonyl (C=O) groups excluding carboxylic acids is 2. The number of rotatable bonds is 9. The van der Waals surface area contributed by atoms with E-state index in [0.29, 0.717) is 6.07 Å². The zero-order valence-corrected chi connectivity index (χ0v) is 17.4. The number of nitrogens with zero attached hydrogens (tertiary/aromatic N) is 1. The summed E-state index contributed by atoms with van der Waals surface area (Å²) in [6.45, 7) is 1.66. The van der Waals surface area contributed by atoms with Crippen LogP contribution in [0.3, 0.4) is 0 Å². The van der Waals surface area contributed by atoms with Crippen molar-refractivity contribution in [1.82, 2.24) is 0 Å². The van der Waals surface area contributed by atoms with Gasteiger partial charge in [0.05, 0.1) is 28.7 Å². The van der Waals surface area contributed by atoms with E-state index in [9.17, 15) is 32.9 Å². The molecule has 2 rings (SSSR count). The van der Waals surface area contributed by atoms with Gasteiger partial charge in [-0.3, -0.25) is 14.9 Å². The number of alkyl halides is 3. The second kappa shape index (κ2) is 10.8. The van der Waals surface area contributed by atoms with Crippen molar-refractivity contribution in [3.05, 3.63) is 62.7 Å². The molecule has 0 aromatic heterocycles. The van der Waals surface area contributed by atoms with Crippen LogP contribution in [0, 0.1) is 10.1 Å². The van der Waals surface area contributed by atoms with E-state index in [4.69, 9.17) is 25.8 Å². The molecule has 172 valence electrons. The molecule has 2 aromatic rings. The Kier molecular flexibility index (Phi) is 8.41. The van der Waals surface area contributed by atoms with Crippen molar-refractivity contribution in [3.63, 3.8) is 0 Å². The van der Waals surface area contributed by atoms with Crippen LogP contribution in [0.5, 0.6) is 11.5 Å². The highest BCUT2D eigenvalue weighted by molar-refractivity contribution is 6.32. The first kappa shape index (κ1) is 24.9. The first-order valence-electron chi connectivity index (χ1n) is 9.18. The average Bonchev–Trinajstić information content (AvgIpc) is 2.71. The highest BCUT2D eigenvalue weighted by Gasteiger charge is 2.31. The standard InChI is InChI=1S/C20H17ClF3NO7/c1-2-30-18(26)4-3-9-31-19(27)14-11-13(6-7-16(14)25(28)29)32-17-8-5-12(10-15(17)21)20(22,23)24/h5-8,10-11H,2-4,9H2,1H3. The lowest BCUT2D eigenvalue weighted by Gasteiger charge is -2.12. The second-order valence-corrected chi connectivity index (χ2v) is 6.63. The molecule has 8 nitrogen and oxygen atoms in total. The third-order valence-corrected chi connectivity index (χ3v) is 4.23. The number of nitro groups is 1. The lowest BCUT2D eigenvalue weighted by molar-refractivity contribution is -0.385. The molecule has 0 saturated heterocycles. The molecule has 0 spiro atoms. The average molecular weight is 476 g/mol. The summed E-state index contributed by atoms with van der Waals surface area (Å²) in [4.78, 5) is 34.0. The Balaban J connectivity index is 2.16. The molecule has 0 heterocycles. The van der Waals surface area contributed by atoms with Gasteiger partial charge in [0, 0.05) is 18.6 Å². The maximum atomic E-state index is 12.8. The molecule has 0 aliphatic carbocycles. The predicted molar refractivity (Wildman–Crippen MR) is 106 cm³/mol. The largest absolute Gasteiger partial charge is 0.466 e. The van der Waals surface area contributed by atoms with Gasteiger partial charge in [-0.15, -0.1) is 0 Å². The van der Waals surface area contributed by atoms with Gasteiger partial charge < -0.3 is 14.2 Å². The fourth-order valence-electron chi connectivity index (χ4n) is 2.48. The number of ether oxygens (including phenoxy) is 3. The maximum Gasteiger partial charge on any atom is 0.416 e. The van der Waals surface area contributed by atoms with Gasteiger partial charge >= 0.3 is 18.1 Å². The maximum absolute atomic E-state index is 12.8. The topological polar surface area (TPSA) is 105 Å². The first-order chi connectivity index (χ1) is 15.0. The summed E-state index contributed by atoms with van der Waals surface area (Å²) >= 11 is 5.84. The fourth-order valence-corrected chi connectivity index (χ4v) is 2.70. The van der Waals surface area contributed by atoms with E-state index in [2.05, 4.69) is 0 Å². The molecule has 0 atom stereocenters. The molecule has 0 amide bonds. The zero-order chi connectivity index (χ0) is 23.9. The van der Waals surface area contributed by atoms with E-state index >= 15 is 0 Å². The predicted octanol–water partition coefficient (Wildman–Crippen LogP) is 5.56. The van der Waals surface area contributed by atoms with Crippen molar-refractivity contribution >= 4 is 29.2 Å². The van der Waals surface area contributed by atoms with Gasteiger partial charge in [-0.2, -0.15) is 13.2 Å². The highest BCUT2D eigenvalue weighted by Crippen LogP contribution is 2.37. The lowest BCUT2D eigenvalue weighted by atomic mass is 10.1. The first-order valence-corrected chi connectivity index (χ1v) is 9.56. The van der Waals surface area contributed by atoms with Crippen LogP contribution in [-0.4, -0.2) is 30.1 Å². The number of nitro benzene ring substituents is 1. The van der Waals surface area contributed by atoms with E-state index in [0.717, 1.165) is 30.3 Å². The van der Waals surface area contributed by atoms with Gasteiger partial charge in [-0.05, 0) is 37.6 Å². The number of benzene rings is 2. The van der Waals surface area contributed by atoms with E-state index in [-0.39, 0.29) is 42.6 Å². The molecule has 32 heavy (non-hydrogen) atoms. The summed E-state index contributed by atoms with van der Waals surface area (Å²) in [5.41, 5.74) is -1.98. The van der Waals surface area contributed by atoms with Crippen LogP contribution in [-0.2, 0) is 20.4 Å². The number of hydrogen-bond donors (Lipinski definition) is 0. The molecule has 0 fully saturated rings. The van der Waals surface area contributed by atoms with E-state index in [1.165, 1.54) is 0 Å². The minimum Gasteiger partial charge on any atom is -0.466 e. The molecule has 12 heteroatoms. The van der Waals surface area contributed by atoms with Crippen LogP contribution >= 0.6 is 11.6 Å². The van der Waals surface area contributed by atoms with Crippen molar-refractivity contribution in [2.24, 2.45) is 0 Å². The van der Waals surface area contributed by atoms with Crippen LogP contribution < -0.4 is 4.74 Å². The van der Waals surface area contributed by atoms with Crippen LogP contribution in [0.25, 0.3) is 0 Å². The number of halogens is 4. The van der Waals surface area contributed by atoms with Crippen LogP contribution in [0.1, 0.15) is 35.7 Å². The molecule has 0 saturated carbocycles. The van der Waals surface area contributed by atoms with E-state index < -0.39 is 39.9 Å². The zero-order valence-electron chi connectivity index (χ0n) is 16.6. The lowest BCUT2D eigenvalue weighted by Crippen LogP contribution is -2.11. The van der Waals surface area contributed by atoms with E-state index in [1.807, 2.05) is 0 Å². The molecule has 0 unspecified atom stereocenters. The van der Waals surface area contributed by atoms with Gasteiger partial charge in [0.1, 0.15) is 17.1 Å². The number of hydrogen-bond acceptors (Lipinski definition) is 7. The van der Waals surface area contributed by atoms with Crippen LogP contribution in [0.4, 0.5) is 18.9 Å². The summed E-state index contributed by atoms with van der Waals surface area (Å²) in [7, 11) is 0. The van der Waals surface area contributed by atoms with Crippen molar-refractivity contribution in [3.8, 4) is 11.5 Å². The Morgan fingerprint density at radius 3 is 2.44 bits per heavy atom. The number of esters is 2. The van der Waals surface area contributed by atoms with Crippen molar-refractivity contribution in [2.75, 3.05) is 13.2 Å². The van der Waals surface area contributed by atoms with Gasteiger partial charge in [0.15, 0.2) is 0 Å². The van der Waals surface area contributed by atoms with Gasteiger partial charge in [0.2, 0.25) is 0 Å². The Morgan fingerprint density at radius 1 is 1.12 bits per heavy atom. The molecular formula is C20H17ClF3NO7. The van der Waals surface area contributed by atoms with Gasteiger partial charge in [-0.1, -0.05) is 11.6 Å². The molecule has 0 aliphatic rings. The quantitative estimate of drug-likeness (QED) is 0.202. The molecular weight excluding hydrogens is 459 g/mol. The summed E-state index contributed by atoms with van der Waals surface area (Å²) in [5, 5.41) is 10.9. The van der Waals surface area contributed by atoms with Gasteiger partial charge in [0.25, 0.3) is 5.69 Å². The third-order valence-electron chi connectivity index (χ3n) is 3.94. The molecule has 2 aromatic carbocycles. The molecule has 0 radical (unpaired) electrons. The summed E-state index contributed by atoms with van der Waals surface area (Å²) in [6.07, 6.45) is -4.45. The van der Waals surface area contributed by atoms with Crippen molar-refractivity contribution < 1.29 is 41.9 Å². The molecule has 0 bridgehead atoms. The second-order valence-electron chi connectivity index (χ2n) is 6.23. The van der Waals surface area contributed by atoms with Crippen molar-refractivity contribution in [1.29, 1.82) is 0 Å². The third kappa shape index (κ3) is 6.84. The number of carbonyl (C=O) groups is 2. The summed E-state index contributed by atoms with van der Waals surface area (Å²) in [6, 6.07) is 5.57. The normalized spacial score (nSPS) is 11.0. The van der Waals surface area contributed by atoms with Crippen LogP contribution in [0.15, 0.2) is 36.4 Å².